The molecule has 2 amide bonds. The van der Waals surface area contributed by atoms with Gasteiger partial charge in [0.25, 0.3) is 5.91 Å². The van der Waals surface area contributed by atoms with Crippen molar-refractivity contribution in [1.29, 1.82) is 0 Å². The summed E-state index contributed by atoms with van der Waals surface area (Å²) in [5.41, 5.74) is 2.12. The summed E-state index contributed by atoms with van der Waals surface area (Å²) in [6, 6.07) is 17.5. The molecule has 6 nitrogen and oxygen atoms in total. The minimum Gasteiger partial charge on any atom is -0.494 e. The molecule has 2 N–H and O–H groups in total. The average molecular weight is 376 g/mol. The molecule has 3 rings (SSSR count). The van der Waals surface area contributed by atoms with Crippen LogP contribution in [0, 0.1) is 0 Å². The summed E-state index contributed by atoms with van der Waals surface area (Å²) in [5, 5.41) is 5.49. The van der Waals surface area contributed by atoms with E-state index in [1.807, 2.05) is 31.2 Å². The second-order valence-corrected chi connectivity index (χ2v) is 5.83. The minimum absolute atomic E-state index is 0.233. The third-order valence-corrected chi connectivity index (χ3v) is 3.77. The van der Waals surface area contributed by atoms with E-state index in [9.17, 15) is 9.59 Å². The molecule has 0 unspecified atom stereocenters. The van der Waals surface area contributed by atoms with Gasteiger partial charge in [-0.15, -0.1) is 0 Å². The van der Waals surface area contributed by atoms with E-state index in [1.54, 1.807) is 42.5 Å². The summed E-state index contributed by atoms with van der Waals surface area (Å²) < 4.78 is 10.4. The molecule has 1 aromatic heterocycles. The predicted molar refractivity (Wildman–Crippen MR) is 108 cm³/mol. The Kier molecular flexibility index (Phi) is 6.25. The van der Waals surface area contributed by atoms with E-state index >= 15 is 0 Å². The van der Waals surface area contributed by atoms with Crippen molar-refractivity contribution in [1.82, 2.24) is 0 Å². The number of ether oxygens (including phenoxy) is 1. The van der Waals surface area contributed by atoms with Gasteiger partial charge >= 0.3 is 0 Å². The molecule has 0 bridgehead atoms. The third kappa shape index (κ3) is 5.35. The van der Waals surface area contributed by atoms with E-state index in [0.29, 0.717) is 18.0 Å². The Bertz CT molecular complexity index is 943. The summed E-state index contributed by atoms with van der Waals surface area (Å²) in [5.74, 6) is 0.446. The molecule has 6 heteroatoms. The van der Waals surface area contributed by atoms with Crippen LogP contribution in [0.1, 0.15) is 23.0 Å². The monoisotopic (exact) mass is 376 g/mol. The molecule has 0 radical (unpaired) electrons. The van der Waals surface area contributed by atoms with E-state index in [0.717, 1.165) is 11.3 Å². The SMILES string of the molecule is CCOc1ccc(/C=C/C(=O)Nc2ccc(NC(=O)c3ccco3)cc2)cc1. The number of benzene rings is 2. The Morgan fingerprint density at radius 2 is 1.64 bits per heavy atom. The zero-order valence-electron chi connectivity index (χ0n) is 15.3. The van der Waals surface area contributed by atoms with Crippen molar-refractivity contribution in [2.45, 2.75) is 6.92 Å². The van der Waals surface area contributed by atoms with Crippen molar-refractivity contribution in [3.05, 3.63) is 84.3 Å². The van der Waals surface area contributed by atoms with Crippen LogP contribution in [0.3, 0.4) is 0 Å². The maximum absolute atomic E-state index is 12.1. The van der Waals surface area contributed by atoms with Crippen LogP contribution in [-0.2, 0) is 4.79 Å². The number of hydrogen-bond donors (Lipinski definition) is 2. The lowest BCUT2D eigenvalue weighted by molar-refractivity contribution is -0.111. The molecule has 0 aliphatic heterocycles. The van der Waals surface area contributed by atoms with Gasteiger partial charge in [0, 0.05) is 17.5 Å². The number of hydrogen-bond acceptors (Lipinski definition) is 4. The van der Waals surface area contributed by atoms with Gasteiger partial charge in [-0.1, -0.05) is 12.1 Å². The second-order valence-electron chi connectivity index (χ2n) is 5.83. The van der Waals surface area contributed by atoms with Crippen LogP contribution < -0.4 is 15.4 Å². The van der Waals surface area contributed by atoms with Gasteiger partial charge < -0.3 is 19.8 Å². The summed E-state index contributed by atoms with van der Waals surface area (Å²) in [4.78, 5) is 24.0. The largest absolute Gasteiger partial charge is 0.494 e. The smallest absolute Gasteiger partial charge is 0.291 e. The highest BCUT2D eigenvalue weighted by Gasteiger charge is 2.08. The lowest BCUT2D eigenvalue weighted by Crippen LogP contribution is -2.11. The van der Waals surface area contributed by atoms with Crippen molar-refractivity contribution < 1.29 is 18.7 Å². The maximum Gasteiger partial charge on any atom is 0.291 e. The standard InChI is InChI=1S/C22H20N2O4/c1-2-27-19-12-5-16(6-13-19)7-14-21(25)23-17-8-10-18(11-9-17)24-22(26)20-4-3-15-28-20/h3-15H,2H2,1H3,(H,23,25)(H,24,26)/b14-7+. The summed E-state index contributed by atoms with van der Waals surface area (Å²) in [6.45, 7) is 2.54. The summed E-state index contributed by atoms with van der Waals surface area (Å²) in [6.07, 6.45) is 4.62. The highest BCUT2D eigenvalue weighted by molar-refractivity contribution is 6.03. The first-order valence-corrected chi connectivity index (χ1v) is 8.81. The van der Waals surface area contributed by atoms with Gasteiger partial charge in [0.15, 0.2) is 5.76 Å². The molecule has 0 saturated heterocycles. The number of anilines is 2. The van der Waals surface area contributed by atoms with Crippen LogP contribution in [0.15, 0.2) is 77.4 Å². The van der Waals surface area contributed by atoms with Crippen LogP contribution in [0.5, 0.6) is 5.75 Å². The van der Waals surface area contributed by atoms with E-state index in [4.69, 9.17) is 9.15 Å². The molecule has 0 spiro atoms. The minimum atomic E-state index is -0.333. The molecule has 0 aliphatic carbocycles. The third-order valence-electron chi connectivity index (χ3n) is 3.77. The fraction of sp³-hybridized carbons (Fsp3) is 0.0909. The van der Waals surface area contributed by atoms with E-state index in [-0.39, 0.29) is 17.6 Å². The number of nitrogens with one attached hydrogen (secondary N) is 2. The highest BCUT2D eigenvalue weighted by Crippen LogP contribution is 2.16. The zero-order chi connectivity index (χ0) is 19.8. The fourth-order valence-corrected chi connectivity index (χ4v) is 2.44. The van der Waals surface area contributed by atoms with Crippen molar-refractivity contribution >= 4 is 29.3 Å². The number of furan rings is 1. The Balaban J connectivity index is 1.53. The second kappa shape index (κ2) is 9.23. The normalized spacial score (nSPS) is 10.6. The molecule has 0 atom stereocenters. The van der Waals surface area contributed by atoms with Gasteiger partial charge in [-0.2, -0.15) is 0 Å². The summed E-state index contributed by atoms with van der Waals surface area (Å²) >= 11 is 0. The van der Waals surface area contributed by atoms with Gasteiger partial charge in [0.2, 0.25) is 5.91 Å². The number of carbonyl (C=O) groups excluding carboxylic acids is 2. The molecule has 28 heavy (non-hydrogen) atoms. The molecule has 142 valence electrons. The molecule has 0 saturated carbocycles. The Labute approximate surface area is 162 Å². The number of amides is 2. The van der Waals surface area contributed by atoms with Crippen molar-refractivity contribution in [2.24, 2.45) is 0 Å². The van der Waals surface area contributed by atoms with Gasteiger partial charge in [-0.25, -0.2) is 0 Å². The van der Waals surface area contributed by atoms with E-state index in [1.165, 1.54) is 12.3 Å². The van der Waals surface area contributed by atoms with Gasteiger partial charge in [0.1, 0.15) is 5.75 Å². The molecule has 3 aromatic rings. The maximum atomic E-state index is 12.1. The van der Waals surface area contributed by atoms with Gasteiger partial charge in [-0.3, -0.25) is 9.59 Å². The molecular formula is C22H20N2O4. The van der Waals surface area contributed by atoms with Crippen LogP contribution in [0.25, 0.3) is 6.08 Å². The van der Waals surface area contributed by atoms with Crippen LogP contribution >= 0.6 is 0 Å². The summed E-state index contributed by atoms with van der Waals surface area (Å²) in [7, 11) is 0. The van der Waals surface area contributed by atoms with E-state index in [2.05, 4.69) is 10.6 Å². The molecule has 0 aliphatic rings. The molecule has 0 fully saturated rings. The first kappa shape index (κ1) is 19.0. The fourth-order valence-electron chi connectivity index (χ4n) is 2.44. The van der Waals surface area contributed by atoms with E-state index < -0.39 is 0 Å². The molecule has 2 aromatic carbocycles. The Morgan fingerprint density at radius 3 is 2.25 bits per heavy atom. The molecule has 1 heterocycles. The highest BCUT2D eigenvalue weighted by atomic mass is 16.5. The average Bonchev–Trinajstić information content (AvgIpc) is 3.24. The number of carbonyl (C=O) groups is 2. The van der Waals surface area contributed by atoms with Crippen molar-refractivity contribution in [3.63, 3.8) is 0 Å². The lowest BCUT2D eigenvalue weighted by Gasteiger charge is -2.06. The Hall–Kier alpha value is -3.80. The first-order valence-electron chi connectivity index (χ1n) is 8.81. The van der Waals surface area contributed by atoms with Crippen LogP contribution in [0.4, 0.5) is 11.4 Å². The molecular weight excluding hydrogens is 356 g/mol. The van der Waals surface area contributed by atoms with Gasteiger partial charge in [0.05, 0.1) is 12.9 Å². The van der Waals surface area contributed by atoms with Crippen LogP contribution in [0.2, 0.25) is 0 Å². The Morgan fingerprint density at radius 1 is 0.964 bits per heavy atom. The van der Waals surface area contributed by atoms with Crippen LogP contribution in [-0.4, -0.2) is 18.4 Å². The predicted octanol–water partition coefficient (Wildman–Crippen LogP) is 4.58. The number of rotatable bonds is 7. The van der Waals surface area contributed by atoms with Crippen molar-refractivity contribution in [3.8, 4) is 5.75 Å². The first-order chi connectivity index (χ1) is 13.6. The van der Waals surface area contributed by atoms with Gasteiger partial charge in [-0.05, 0) is 67.1 Å². The van der Waals surface area contributed by atoms with Crippen molar-refractivity contribution in [2.75, 3.05) is 17.2 Å². The quantitative estimate of drug-likeness (QED) is 0.591. The topological polar surface area (TPSA) is 80.6 Å². The lowest BCUT2D eigenvalue weighted by atomic mass is 10.2. The zero-order valence-corrected chi connectivity index (χ0v) is 15.3.